The molecule has 0 amide bonds. The number of halogens is 6. The highest BCUT2D eigenvalue weighted by Crippen LogP contribution is 2.36. The van der Waals surface area contributed by atoms with Gasteiger partial charge in [-0.25, -0.2) is 4.39 Å². The Labute approximate surface area is 128 Å². The molecule has 0 fully saturated rings. The molecule has 0 spiro atoms. The second-order valence-corrected chi connectivity index (χ2v) is 6.50. The van der Waals surface area contributed by atoms with Crippen LogP contribution in [0.4, 0.5) is 17.6 Å². The number of ketones is 1. The highest BCUT2D eigenvalue weighted by Gasteiger charge is 2.36. The Kier molecular flexibility index (Phi) is 4.22. The Morgan fingerprint density at radius 3 is 2.45 bits per heavy atom. The smallest absolute Gasteiger partial charge is 0.288 e. The van der Waals surface area contributed by atoms with Gasteiger partial charge in [-0.2, -0.15) is 13.2 Å². The molecular weight excluding hydrogens is 384 g/mol. The number of hydrogen-bond donors (Lipinski definition) is 0. The van der Waals surface area contributed by atoms with Crippen molar-refractivity contribution in [2.45, 2.75) is 6.18 Å². The summed E-state index contributed by atoms with van der Waals surface area (Å²) in [4.78, 5) is 12.1. The molecule has 2 rings (SSSR count). The molecule has 1 heterocycles. The zero-order chi connectivity index (χ0) is 15.1. The number of carbonyl (C=O) groups is 1. The van der Waals surface area contributed by atoms with E-state index in [0.29, 0.717) is 9.85 Å². The van der Waals surface area contributed by atoms with Crippen LogP contribution in [0.5, 0.6) is 0 Å². The molecule has 0 aliphatic carbocycles. The van der Waals surface area contributed by atoms with E-state index in [1.807, 2.05) is 0 Å². The molecule has 0 aliphatic rings. The van der Waals surface area contributed by atoms with E-state index in [4.69, 9.17) is 11.6 Å². The van der Waals surface area contributed by atoms with E-state index in [9.17, 15) is 22.4 Å². The van der Waals surface area contributed by atoms with Crippen LogP contribution in [0.3, 0.4) is 0 Å². The van der Waals surface area contributed by atoms with Crippen LogP contribution in [0.25, 0.3) is 0 Å². The maximum Gasteiger partial charge on any atom is 0.419 e. The van der Waals surface area contributed by atoms with E-state index in [0.717, 1.165) is 23.5 Å². The van der Waals surface area contributed by atoms with Crippen molar-refractivity contribution in [1.29, 1.82) is 0 Å². The van der Waals surface area contributed by atoms with Gasteiger partial charge in [0, 0.05) is 0 Å². The van der Waals surface area contributed by atoms with E-state index in [1.165, 1.54) is 6.07 Å². The minimum Gasteiger partial charge on any atom is -0.288 e. The molecular formula is C12H4BrClF4OS. The second kappa shape index (κ2) is 5.46. The molecule has 0 unspecified atom stereocenters. The lowest BCUT2D eigenvalue weighted by Crippen LogP contribution is -2.12. The molecule has 1 aromatic carbocycles. The largest absolute Gasteiger partial charge is 0.419 e. The Hall–Kier alpha value is -0.920. The van der Waals surface area contributed by atoms with Gasteiger partial charge < -0.3 is 0 Å². The van der Waals surface area contributed by atoms with Crippen molar-refractivity contribution in [1.82, 2.24) is 0 Å². The number of thiophene rings is 1. The highest BCUT2D eigenvalue weighted by molar-refractivity contribution is 9.11. The average molecular weight is 388 g/mol. The molecule has 0 aliphatic heterocycles. The molecule has 0 N–H and O–H groups in total. The van der Waals surface area contributed by atoms with Gasteiger partial charge in [0.1, 0.15) is 5.82 Å². The summed E-state index contributed by atoms with van der Waals surface area (Å²) in [6.45, 7) is 0. The van der Waals surface area contributed by atoms with E-state index < -0.39 is 28.9 Å². The molecule has 1 aromatic heterocycles. The zero-order valence-electron chi connectivity index (χ0n) is 9.39. The van der Waals surface area contributed by atoms with E-state index in [-0.39, 0.29) is 9.90 Å². The van der Waals surface area contributed by atoms with Crippen LogP contribution < -0.4 is 0 Å². The van der Waals surface area contributed by atoms with E-state index in [1.54, 1.807) is 0 Å². The van der Waals surface area contributed by atoms with Crippen molar-refractivity contribution in [2.24, 2.45) is 0 Å². The zero-order valence-corrected chi connectivity index (χ0v) is 12.6. The minimum absolute atomic E-state index is 0.0556. The third-order valence-electron chi connectivity index (χ3n) is 2.42. The third kappa shape index (κ3) is 2.89. The normalized spacial score (nSPS) is 11.7. The van der Waals surface area contributed by atoms with Crippen molar-refractivity contribution < 1.29 is 22.4 Å². The van der Waals surface area contributed by atoms with Crippen molar-refractivity contribution in [3.05, 3.63) is 54.9 Å². The van der Waals surface area contributed by atoms with Crippen LogP contribution in [-0.2, 0) is 6.18 Å². The lowest BCUT2D eigenvalue weighted by Gasteiger charge is -2.09. The molecule has 0 saturated carbocycles. The number of alkyl halides is 3. The molecule has 8 heteroatoms. The summed E-state index contributed by atoms with van der Waals surface area (Å²) < 4.78 is 52.0. The summed E-state index contributed by atoms with van der Waals surface area (Å²) in [7, 11) is 0. The quantitative estimate of drug-likeness (QED) is 0.487. The minimum atomic E-state index is -4.85. The van der Waals surface area contributed by atoms with Crippen LogP contribution in [0, 0.1) is 5.82 Å². The summed E-state index contributed by atoms with van der Waals surface area (Å²) in [5, 5.41) is 0.241. The molecule has 0 radical (unpaired) electrons. The predicted molar refractivity (Wildman–Crippen MR) is 71.9 cm³/mol. The van der Waals surface area contributed by atoms with Crippen molar-refractivity contribution in [2.75, 3.05) is 0 Å². The molecule has 2 aromatic rings. The fraction of sp³-hybridized carbons (Fsp3) is 0.0833. The van der Waals surface area contributed by atoms with Crippen LogP contribution in [-0.4, -0.2) is 5.78 Å². The number of carbonyl (C=O) groups excluding carboxylic acids is 1. The standard InChI is InChI=1S/C12H4BrClF4OS/c13-11-7(14)4-8(20-11)10(19)5-2-1-3-6(9(5)15)12(16,17)18/h1-4H. The molecule has 20 heavy (non-hydrogen) atoms. The lowest BCUT2D eigenvalue weighted by molar-refractivity contribution is -0.140. The first-order chi connectivity index (χ1) is 9.21. The summed E-state index contributed by atoms with van der Waals surface area (Å²) in [5.41, 5.74) is -2.10. The lowest BCUT2D eigenvalue weighted by atomic mass is 10.0. The van der Waals surface area contributed by atoms with Gasteiger partial charge in [-0.3, -0.25) is 4.79 Å². The number of rotatable bonds is 2. The van der Waals surface area contributed by atoms with Crippen LogP contribution >= 0.6 is 38.9 Å². The molecule has 106 valence electrons. The van der Waals surface area contributed by atoms with Gasteiger partial charge in [0.2, 0.25) is 5.78 Å². The maximum absolute atomic E-state index is 13.8. The second-order valence-electron chi connectivity index (χ2n) is 3.73. The highest BCUT2D eigenvalue weighted by atomic mass is 79.9. The summed E-state index contributed by atoms with van der Waals surface area (Å²) in [5.74, 6) is -2.42. The van der Waals surface area contributed by atoms with Crippen LogP contribution in [0.1, 0.15) is 20.8 Å². The molecule has 0 bridgehead atoms. The average Bonchev–Trinajstić information content (AvgIpc) is 2.67. The first kappa shape index (κ1) is 15.5. The number of benzene rings is 1. The topological polar surface area (TPSA) is 17.1 Å². The Bertz CT molecular complexity index is 661. The Morgan fingerprint density at radius 2 is 1.95 bits per heavy atom. The van der Waals surface area contributed by atoms with Gasteiger partial charge in [-0.05, 0) is 34.1 Å². The van der Waals surface area contributed by atoms with E-state index in [2.05, 4.69) is 15.9 Å². The van der Waals surface area contributed by atoms with Crippen molar-refractivity contribution >= 4 is 44.7 Å². The van der Waals surface area contributed by atoms with Gasteiger partial charge in [0.25, 0.3) is 0 Å². The summed E-state index contributed by atoms with van der Waals surface area (Å²) in [6, 6.07) is 3.86. The van der Waals surface area contributed by atoms with Crippen molar-refractivity contribution in [3.63, 3.8) is 0 Å². The van der Waals surface area contributed by atoms with Gasteiger partial charge >= 0.3 is 6.18 Å². The summed E-state index contributed by atoms with van der Waals surface area (Å²) >= 11 is 9.75. The van der Waals surface area contributed by atoms with Gasteiger partial charge in [-0.1, -0.05) is 17.7 Å². The van der Waals surface area contributed by atoms with Gasteiger partial charge in [-0.15, -0.1) is 11.3 Å². The van der Waals surface area contributed by atoms with Crippen molar-refractivity contribution in [3.8, 4) is 0 Å². The Morgan fingerprint density at radius 1 is 1.30 bits per heavy atom. The SMILES string of the molecule is O=C(c1cc(Cl)c(Br)s1)c1cccc(C(F)(F)F)c1F. The first-order valence-corrected chi connectivity index (χ1v) is 7.06. The predicted octanol–water partition coefficient (Wildman–Crippen LogP) is 5.55. The van der Waals surface area contributed by atoms with Gasteiger partial charge in [0.05, 0.1) is 24.8 Å². The monoisotopic (exact) mass is 386 g/mol. The van der Waals surface area contributed by atoms with Crippen LogP contribution in [0.2, 0.25) is 5.02 Å². The number of hydrogen-bond acceptors (Lipinski definition) is 2. The fourth-order valence-electron chi connectivity index (χ4n) is 1.52. The molecule has 0 saturated heterocycles. The first-order valence-electron chi connectivity index (χ1n) is 5.07. The Balaban J connectivity index is 2.51. The van der Waals surface area contributed by atoms with Gasteiger partial charge in [0.15, 0.2) is 0 Å². The van der Waals surface area contributed by atoms with Crippen LogP contribution in [0.15, 0.2) is 28.1 Å². The summed E-state index contributed by atoms with van der Waals surface area (Å²) in [6.07, 6.45) is -4.85. The third-order valence-corrected chi connectivity index (χ3v) is 4.89. The fourth-order valence-corrected chi connectivity index (χ4v) is 3.17. The maximum atomic E-state index is 13.8. The molecule has 0 atom stereocenters. The van der Waals surface area contributed by atoms with E-state index >= 15 is 0 Å². The molecule has 1 nitrogen and oxygen atoms in total.